The third-order valence-electron chi connectivity index (χ3n) is 6.46. The standard InChI is InChI=1S/C17H28N2O2/c20-16(21)17(18-13-6-7-13)9-8-14(11-17)19-10-2-4-12-3-1-5-15(12)19/h12-15,18H,1-11H2,(H,20,21). The lowest BCUT2D eigenvalue weighted by atomic mass is 9.89. The molecule has 4 rings (SSSR count). The first kappa shape index (κ1) is 14.0. The zero-order chi connectivity index (χ0) is 14.4. The Morgan fingerprint density at radius 1 is 1.10 bits per heavy atom. The first-order valence-electron chi connectivity index (χ1n) is 8.95. The lowest BCUT2D eigenvalue weighted by Crippen LogP contribution is -2.54. The van der Waals surface area contributed by atoms with Gasteiger partial charge in [-0.05, 0) is 70.3 Å². The van der Waals surface area contributed by atoms with E-state index in [1.54, 1.807) is 0 Å². The third kappa shape index (κ3) is 2.50. The number of carboxylic acid groups (broad SMARTS) is 1. The maximum atomic E-state index is 11.9. The third-order valence-corrected chi connectivity index (χ3v) is 6.46. The molecule has 0 amide bonds. The van der Waals surface area contributed by atoms with E-state index in [-0.39, 0.29) is 0 Å². The fourth-order valence-electron chi connectivity index (χ4n) is 5.25. The highest BCUT2D eigenvalue weighted by Crippen LogP contribution is 2.43. The van der Waals surface area contributed by atoms with Crippen molar-refractivity contribution in [1.82, 2.24) is 10.2 Å². The Balaban J connectivity index is 1.47. The highest BCUT2D eigenvalue weighted by molar-refractivity contribution is 5.79. The van der Waals surface area contributed by atoms with Crippen LogP contribution in [0.4, 0.5) is 0 Å². The van der Waals surface area contributed by atoms with Gasteiger partial charge in [0, 0.05) is 18.1 Å². The molecule has 0 aromatic carbocycles. The van der Waals surface area contributed by atoms with Crippen LogP contribution in [0.3, 0.4) is 0 Å². The molecule has 118 valence electrons. The van der Waals surface area contributed by atoms with Crippen LogP contribution in [-0.2, 0) is 4.79 Å². The number of carbonyl (C=O) groups is 1. The van der Waals surface area contributed by atoms with Crippen LogP contribution in [-0.4, -0.2) is 46.2 Å². The predicted molar refractivity (Wildman–Crippen MR) is 81.2 cm³/mol. The Hall–Kier alpha value is -0.610. The number of nitrogens with one attached hydrogen (secondary N) is 1. The molecule has 4 fully saturated rings. The molecule has 3 aliphatic carbocycles. The lowest BCUT2D eigenvalue weighted by molar-refractivity contribution is -0.145. The Bertz CT molecular complexity index is 423. The van der Waals surface area contributed by atoms with Gasteiger partial charge in [-0.1, -0.05) is 6.42 Å². The largest absolute Gasteiger partial charge is 0.480 e. The summed E-state index contributed by atoms with van der Waals surface area (Å²) in [6, 6.07) is 1.73. The van der Waals surface area contributed by atoms with Crippen molar-refractivity contribution in [3.05, 3.63) is 0 Å². The topological polar surface area (TPSA) is 52.6 Å². The van der Waals surface area contributed by atoms with Crippen LogP contribution in [0.15, 0.2) is 0 Å². The molecule has 3 saturated carbocycles. The number of hydrogen-bond acceptors (Lipinski definition) is 3. The molecule has 4 nitrogen and oxygen atoms in total. The molecule has 2 N–H and O–H groups in total. The maximum Gasteiger partial charge on any atom is 0.323 e. The summed E-state index contributed by atoms with van der Waals surface area (Å²) >= 11 is 0. The van der Waals surface area contributed by atoms with Gasteiger partial charge >= 0.3 is 5.97 Å². The molecule has 4 aliphatic rings. The predicted octanol–water partition coefficient (Wildman–Crippen LogP) is 2.38. The Morgan fingerprint density at radius 2 is 1.90 bits per heavy atom. The number of nitrogens with zero attached hydrogens (tertiary/aromatic N) is 1. The van der Waals surface area contributed by atoms with Crippen LogP contribution in [0, 0.1) is 5.92 Å². The number of rotatable bonds is 4. The van der Waals surface area contributed by atoms with E-state index in [9.17, 15) is 9.90 Å². The second-order valence-electron chi connectivity index (χ2n) is 7.84. The van der Waals surface area contributed by atoms with E-state index < -0.39 is 11.5 Å². The normalized spacial score (nSPS) is 43.9. The quantitative estimate of drug-likeness (QED) is 0.835. The number of aliphatic carboxylic acids is 1. The molecular weight excluding hydrogens is 264 g/mol. The summed E-state index contributed by atoms with van der Waals surface area (Å²) in [6.45, 7) is 1.20. The average molecular weight is 292 g/mol. The minimum absolute atomic E-state index is 0.473. The second kappa shape index (κ2) is 5.24. The van der Waals surface area contributed by atoms with E-state index in [4.69, 9.17) is 0 Å². The molecule has 0 bridgehead atoms. The van der Waals surface area contributed by atoms with Crippen molar-refractivity contribution in [2.45, 2.75) is 87.9 Å². The van der Waals surface area contributed by atoms with Gasteiger partial charge in [-0.25, -0.2) is 0 Å². The molecule has 1 saturated heterocycles. The summed E-state index contributed by atoms with van der Waals surface area (Å²) in [7, 11) is 0. The molecular formula is C17H28N2O2. The summed E-state index contributed by atoms with van der Waals surface area (Å²) < 4.78 is 0. The highest BCUT2D eigenvalue weighted by Gasteiger charge is 2.51. The van der Waals surface area contributed by atoms with Gasteiger partial charge in [0.1, 0.15) is 5.54 Å². The van der Waals surface area contributed by atoms with E-state index >= 15 is 0 Å². The minimum atomic E-state index is -0.628. The molecule has 4 atom stereocenters. The summed E-state index contributed by atoms with van der Waals surface area (Å²) in [5.74, 6) is 0.284. The van der Waals surface area contributed by atoms with Gasteiger partial charge in [0.2, 0.25) is 0 Å². The second-order valence-corrected chi connectivity index (χ2v) is 7.84. The first-order valence-corrected chi connectivity index (χ1v) is 8.95. The fraction of sp³-hybridized carbons (Fsp3) is 0.941. The van der Waals surface area contributed by atoms with Gasteiger partial charge < -0.3 is 5.11 Å². The Kier molecular flexibility index (Phi) is 3.49. The molecule has 1 heterocycles. The van der Waals surface area contributed by atoms with Crippen molar-refractivity contribution in [2.24, 2.45) is 5.92 Å². The van der Waals surface area contributed by atoms with Gasteiger partial charge in [-0.2, -0.15) is 0 Å². The molecule has 0 aromatic heterocycles. The van der Waals surface area contributed by atoms with Crippen molar-refractivity contribution in [3.63, 3.8) is 0 Å². The zero-order valence-electron chi connectivity index (χ0n) is 12.9. The Morgan fingerprint density at radius 3 is 2.67 bits per heavy atom. The van der Waals surface area contributed by atoms with Crippen LogP contribution in [0.25, 0.3) is 0 Å². The molecule has 0 radical (unpaired) electrons. The number of likely N-dealkylation sites (tertiary alicyclic amines) is 1. The Labute approximate surface area is 127 Å². The van der Waals surface area contributed by atoms with Crippen molar-refractivity contribution < 1.29 is 9.90 Å². The van der Waals surface area contributed by atoms with E-state index in [2.05, 4.69) is 10.2 Å². The summed E-state index contributed by atoms with van der Waals surface area (Å²) in [4.78, 5) is 14.6. The van der Waals surface area contributed by atoms with Gasteiger partial charge in [0.15, 0.2) is 0 Å². The van der Waals surface area contributed by atoms with E-state index in [1.165, 1.54) is 38.6 Å². The van der Waals surface area contributed by atoms with Crippen LogP contribution < -0.4 is 5.32 Å². The van der Waals surface area contributed by atoms with Crippen LogP contribution >= 0.6 is 0 Å². The monoisotopic (exact) mass is 292 g/mol. The molecule has 4 unspecified atom stereocenters. The molecule has 21 heavy (non-hydrogen) atoms. The lowest BCUT2D eigenvalue weighted by Gasteiger charge is -2.42. The molecule has 4 heteroatoms. The summed E-state index contributed by atoms with van der Waals surface area (Å²) in [5, 5.41) is 13.2. The molecule has 1 aliphatic heterocycles. The zero-order valence-corrected chi connectivity index (χ0v) is 12.9. The average Bonchev–Trinajstić information content (AvgIpc) is 3.00. The minimum Gasteiger partial charge on any atom is -0.480 e. The fourth-order valence-corrected chi connectivity index (χ4v) is 5.25. The van der Waals surface area contributed by atoms with Crippen LogP contribution in [0.1, 0.15) is 64.2 Å². The van der Waals surface area contributed by atoms with Crippen LogP contribution in [0.5, 0.6) is 0 Å². The van der Waals surface area contributed by atoms with Crippen LogP contribution in [0.2, 0.25) is 0 Å². The van der Waals surface area contributed by atoms with Crippen molar-refractivity contribution in [3.8, 4) is 0 Å². The van der Waals surface area contributed by atoms with Gasteiger partial charge in [-0.3, -0.25) is 15.0 Å². The van der Waals surface area contributed by atoms with Gasteiger partial charge in [0.05, 0.1) is 0 Å². The highest BCUT2D eigenvalue weighted by atomic mass is 16.4. The van der Waals surface area contributed by atoms with E-state index in [0.29, 0.717) is 12.1 Å². The number of hydrogen-bond donors (Lipinski definition) is 2. The van der Waals surface area contributed by atoms with E-state index in [0.717, 1.165) is 44.1 Å². The van der Waals surface area contributed by atoms with Gasteiger partial charge in [0.25, 0.3) is 0 Å². The van der Waals surface area contributed by atoms with Crippen molar-refractivity contribution in [1.29, 1.82) is 0 Å². The number of piperidine rings is 1. The molecule has 0 spiro atoms. The van der Waals surface area contributed by atoms with Crippen molar-refractivity contribution >= 4 is 5.97 Å². The summed E-state index contributed by atoms with van der Waals surface area (Å²) in [5.41, 5.74) is -0.628. The number of fused-ring (bicyclic) bond motifs is 1. The SMILES string of the molecule is O=C(O)C1(NC2CC2)CCC(N2CCCC3CCCC32)C1. The van der Waals surface area contributed by atoms with E-state index in [1.807, 2.05) is 0 Å². The number of carboxylic acids is 1. The first-order chi connectivity index (χ1) is 10.2. The van der Waals surface area contributed by atoms with Gasteiger partial charge in [-0.15, -0.1) is 0 Å². The van der Waals surface area contributed by atoms with Crippen molar-refractivity contribution in [2.75, 3.05) is 6.54 Å². The summed E-state index contributed by atoms with van der Waals surface area (Å²) in [6.07, 6.45) is 11.9. The molecule has 0 aromatic rings. The maximum absolute atomic E-state index is 11.9. The smallest absolute Gasteiger partial charge is 0.323 e.